The summed E-state index contributed by atoms with van der Waals surface area (Å²) in [6, 6.07) is 8.04. The fourth-order valence-corrected chi connectivity index (χ4v) is 4.26. The molecule has 1 aliphatic carbocycles. The van der Waals surface area contributed by atoms with Gasteiger partial charge in [0.2, 0.25) is 0 Å². The summed E-state index contributed by atoms with van der Waals surface area (Å²) in [5.74, 6) is 1.32. The van der Waals surface area contributed by atoms with Crippen LogP contribution in [0.2, 0.25) is 0 Å². The van der Waals surface area contributed by atoms with Gasteiger partial charge in [-0.15, -0.1) is 11.3 Å². The highest BCUT2D eigenvalue weighted by Crippen LogP contribution is 2.39. The van der Waals surface area contributed by atoms with Crippen LogP contribution in [-0.4, -0.2) is 20.4 Å². The van der Waals surface area contributed by atoms with Gasteiger partial charge in [0.15, 0.2) is 11.5 Å². The minimum Gasteiger partial charge on any atom is -0.493 e. The fraction of sp³-hybridized carbons (Fsp3) is 0.368. The van der Waals surface area contributed by atoms with Gasteiger partial charge in [0, 0.05) is 16.7 Å². The Hall–Kier alpha value is -2.32. The van der Waals surface area contributed by atoms with Crippen molar-refractivity contribution in [2.24, 2.45) is 4.99 Å². The minimum absolute atomic E-state index is 0.653. The molecule has 124 valence electrons. The van der Waals surface area contributed by atoms with E-state index in [2.05, 4.69) is 11.1 Å². The van der Waals surface area contributed by atoms with E-state index in [-0.39, 0.29) is 0 Å². The second-order valence-corrected chi connectivity index (χ2v) is 6.78. The van der Waals surface area contributed by atoms with Crippen molar-refractivity contribution < 1.29 is 9.47 Å². The summed E-state index contributed by atoms with van der Waals surface area (Å²) in [5, 5.41) is 10.4. The van der Waals surface area contributed by atoms with E-state index in [4.69, 9.17) is 9.47 Å². The Labute approximate surface area is 146 Å². The molecule has 0 atom stereocenters. The molecule has 2 aromatic rings. The standard InChI is InChI=1S/C19H20N2O2S/c1-22-16-9-6-7-13(18(16)23-2)12-21-19-15(11-20)14-8-4-3-5-10-17(14)24-19/h6-7,9,12H,3-5,8,10H2,1-2H3/b21-12+. The zero-order valence-corrected chi connectivity index (χ0v) is 14.8. The predicted octanol–water partition coefficient (Wildman–Crippen LogP) is 4.66. The van der Waals surface area contributed by atoms with Crippen molar-refractivity contribution in [1.82, 2.24) is 0 Å². The normalized spacial score (nSPS) is 14.0. The van der Waals surface area contributed by atoms with Gasteiger partial charge in [-0.2, -0.15) is 5.26 Å². The molecule has 1 aromatic heterocycles. The van der Waals surface area contributed by atoms with Gasteiger partial charge in [-0.05, 0) is 43.4 Å². The van der Waals surface area contributed by atoms with Crippen molar-refractivity contribution in [2.45, 2.75) is 32.1 Å². The number of hydrogen-bond acceptors (Lipinski definition) is 5. The third-order valence-corrected chi connectivity index (χ3v) is 5.47. The maximum atomic E-state index is 9.57. The molecule has 0 aliphatic heterocycles. The fourth-order valence-electron chi connectivity index (χ4n) is 3.08. The summed E-state index contributed by atoms with van der Waals surface area (Å²) in [6.07, 6.45) is 7.41. The molecule has 24 heavy (non-hydrogen) atoms. The summed E-state index contributed by atoms with van der Waals surface area (Å²) >= 11 is 1.65. The zero-order chi connectivity index (χ0) is 16.9. The molecule has 1 aliphatic rings. The average molecular weight is 340 g/mol. The third kappa shape index (κ3) is 3.15. The maximum Gasteiger partial charge on any atom is 0.169 e. The Kier molecular flexibility index (Phi) is 5.17. The Morgan fingerprint density at radius 1 is 1.17 bits per heavy atom. The van der Waals surface area contributed by atoms with Crippen molar-refractivity contribution in [1.29, 1.82) is 5.26 Å². The van der Waals surface area contributed by atoms with Gasteiger partial charge in [0.1, 0.15) is 11.1 Å². The van der Waals surface area contributed by atoms with Crippen molar-refractivity contribution >= 4 is 22.6 Å². The third-order valence-electron chi connectivity index (χ3n) is 4.27. The topological polar surface area (TPSA) is 54.6 Å². The minimum atomic E-state index is 0.653. The van der Waals surface area contributed by atoms with E-state index in [0.717, 1.165) is 35.4 Å². The van der Waals surface area contributed by atoms with Crippen LogP contribution in [0.25, 0.3) is 0 Å². The highest BCUT2D eigenvalue weighted by atomic mass is 32.1. The molecule has 0 spiro atoms. The van der Waals surface area contributed by atoms with Crippen molar-refractivity contribution in [3.63, 3.8) is 0 Å². The Morgan fingerprint density at radius 2 is 2.00 bits per heavy atom. The molecule has 1 aromatic carbocycles. The van der Waals surface area contributed by atoms with Crippen LogP contribution in [0.15, 0.2) is 23.2 Å². The molecular weight excluding hydrogens is 320 g/mol. The lowest BCUT2D eigenvalue weighted by molar-refractivity contribution is 0.354. The number of thiophene rings is 1. The SMILES string of the molecule is COc1cccc(/C=N/c2sc3c(c2C#N)CCCCC3)c1OC. The molecule has 0 radical (unpaired) electrons. The molecule has 4 nitrogen and oxygen atoms in total. The molecule has 5 heteroatoms. The van der Waals surface area contributed by atoms with Crippen LogP contribution in [0.4, 0.5) is 5.00 Å². The smallest absolute Gasteiger partial charge is 0.169 e. The van der Waals surface area contributed by atoms with Crippen LogP contribution in [0.5, 0.6) is 11.5 Å². The highest BCUT2D eigenvalue weighted by Gasteiger charge is 2.19. The number of rotatable bonds is 4. The predicted molar refractivity (Wildman–Crippen MR) is 97.1 cm³/mol. The van der Waals surface area contributed by atoms with Gasteiger partial charge in [-0.3, -0.25) is 0 Å². The van der Waals surface area contributed by atoms with Gasteiger partial charge in [0.05, 0.1) is 19.8 Å². The summed E-state index contributed by atoms with van der Waals surface area (Å²) in [6.45, 7) is 0. The number of aliphatic imine (C=N–C) groups is 1. The molecule has 0 N–H and O–H groups in total. The Morgan fingerprint density at radius 3 is 2.75 bits per heavy atom. The van der Waals surface area contributed by atoms with E-state index >= 15 is 0 Å². The van der Waals surface area contributed by atoms with Crippen molar-refractivity contribution in [3.05, 3.63) is 39.8 Å². The number of aryl methyl sites for hydroxylation is 1. The average Bonchev–Trinajstić information content (AvgIpc) is 2.78. The molecule has 3 rings (SSSR count). The quantitative estimate of drug-likeness (QED) is 0.601. The van der Waals surface area contributed by atoms with E-state index in [1.807, 2.05) is 18.2 Å². The van der Waals surface area contributed by atoms with Crippen molar-refractivity contribution in [2.75, 3.05) is 14.2 Å². The summed E-state index contributed by atoms with van der Waals surface area (Å²) in [5.41, 5.74) is 2.80. The van der Waals surface area contributed by atoms with Crippen LogP contribution in [0, 0.1) is 11.3 Å². The summed E-state index contributed by atoms with van der Waals surface area (Å²) < 4.78 is 10.7. The van der Waals surface area contributed by atoms with Crippen molar-refractivity contribution in [3.8, 4) is 17.6 Å². The molecule has 0 bridgehead atoms. The number of fused-ring (bicyclic) bond motifs is 1. The first kappa shape index (κ1) is 16.5. The van der Waals surface area contributed by atoms with Gasteiger partial charge < -0.3 is 9.47 Å². The van der Waals surface area contributed by atoms with E-state index in [1.165, 1.54) is 23.3 Å². The van der Waals surface area contributed by atoms with Gasteiger partial charge in [0.25, 0.3) is 0 Å². The van der Waals surface area contributed by atoms with Crippen LogP contribution in [0.1, 0.15) is 40.8 Å². The number of ether oxygens (including phenoxy) is 2. The first-order valence-corrected chi connectivity index (χ1v) is 8.89. The second-order valence-electron chi connectivity index (χ2n) is 5.70. The van der Waals surface area contributed by atoms with E-state index < -0.39 is 0 Å². The Bertz CT molecular complexity index is 802. The summed E-state index contributed by atoms with van der Waals surface area (Å²) in [7, 11) is 3.23. The van der Waals surface area contributed by atoms with E-state index in [0.29, 0.717) is 11.5 Å². The van der Waals surface area contributed by atoms with E-state index in [9.17, 15) is 5.26 Å². The molecule has 0 amide bonds. The lowest BCUT2D eigenvalue weighted by Crippen LogP contribution is -1.94. The number of nitriles is 1. The van der Waals surface area contributed by atoms with Gasteiger partial charge in [-0.25, -0.2) is 4.99 Å². The van der Waals surface area contributed by atoms with Crippen LogP contribution in [-0.2, 0) is 12.8 Å². The first-order chi connectivity index (χ1) is 11.8. The summed E-state index contributed by atoms with van der Waals surface area (Å²) in [4.78, 5) is 5.93. The lowest BCUT2D eigenvalue weighted by atomic mass is 10.1. The van der Waals surface area contributed by atoms with Crippen LogP contribution in [0.3, 0.4) is 0 Å². The molecule has 1 heterocycles. The van der Waals surface area contributed by atoms with Crippen LogP contribution >= 0.6 is 11.3 Å². The van der Waals surface area contributed by atoms with E-state index in [1.54, 1.807) is 31.8 Å². The molecular formula is C19H20N2O2S. The largest absolute Gasteiger partial charge is 0.493 e. The molecule has 0 saturated carbocycles. The Balaban J connectivity index is 1.98. The number of benzene rings is 1. The first-order valence-electron chi connectivity index (χ1n) is 8.08. The molecule has 0 saturated heterocycles. The maximum absolute atomic E-state index is 9.57. The zero-order valence-electron chi connectivity index (χ0n) is 14.0. The highest BCUT2D eigenvalue weighted by molar-refractivity contribution is 7.16. The molecule has 0 fully saturated rings. The molecule has 0 unspecified atom stereocenters. The number of nitrogens with zero attached hydrogens (tertiary/aromatic N) is 2. The number of hydrogen-bond donors (Lipinski definition) is 0. The number of para-hydroxylation sites is 1. The lowest BCUT2D eigenvalue weighted by Gasteiger charge is -2.09. The monoisotopic (exact) mass is 340 g/mol. The number of methoxy groups -OCH3 is 2. The van der Waals surface area contributed by atoms with Crippen LogP contribution < -0.4 is 9.47 Å². The van der Waals surface area contributed by atoms with Gasteiger partial charge >= 0.3 is 0 Å². The van der Waals surface area contributed by atoms with Gasteiger partial charge in [-0.1, -0.05) is 12.5 Å². The second kappa shape index (κ2) is 7.50.